The van der Waals surface area contributed by atoms with Crippen LogP contribution >= 0.6 is 11.6 Å². The standard InChI is InChI=1S/C20H20ClN5O/c1-13-22-18(12-19(23-13)25-17-7-5-4-6-16(17)21)20(27)24-14-8-10-15(11-9-14)26(2)3/h4-12H,1-3H3,(H,24,27)(H,22,23,25). The summed E-state index contributed by atoms with van der Waals surface area (Å²) in [5.41, 5.74) is 2.73. The summed E-state index contributed by atoms with van der Waals surface area (Å²) >= 11 is 6.17. The Kier molecular flexibility index (Phi) is 5.57. The topological polar surface area (TPSA) is 70.2 Å². The highest BCUT2D eigenvalue weighted by Crippen LogP contribution is 2.24. The Morgan fingerprint density at radius 1 is 1.04 bits per heavy atom. The molecule has 1 aromatic heterocycles. The Morgan fingerprint density at radius 3 is 2.41 bits per heavy atom. The summed E-state index contributed by atoms with van der Waals surface area (Å²) in [5.74, 6) is 0.684. The van der Waals surface area contributed by atoms with E-state index in [0.717, 1.165) is 5.69 Å². The number of halogens is 1. The van der Waals surface area contributed by atoms with Gasteiger partial charge in [0.15, 0.2) is 0 Å². The van der Waals surface area contributed by atoms with Crippen LogP contribution in [-0.4, -0.2) is 30.0 Å². The van der Waals surface area contributed by atoms with E-state index < -0.39 is 0 Å². The Balaban J connectivity index is 1.78. The summed E-state index contributed by atoms with van der Waals surface area (Å²) in [6, 6.07) is 16.5. The van der Waals surface area contributed by atoms with Crippen molar-refractivity contribution in [1.82, 2.24) is 9.97 Å². The number of anilines is 4. The maximum Gasteiger partial charge on any atom is 0.274 e. The molecule has 2 N–H and O–H groups in total. The minimum absolute atomic E-state index is 0.272. The molecule has 0 saturated carbocycles. The van der Waals surface area contributed by atoms with Crippen LogP contribution in [0.2, 0.25) is 5.02 Å². The van der Waals surface area contributed by atoms with E-state index in [2.05, 4.69) is 20.6 Å². The molecule has 0 spiro atoms. The van der Waals surface area contributed by atoms with Crippen LogP contribution < -0.4 is 15.5 Å². The van der Waals surface area contributed by atoms with Crippen molar-refractivity contribution in [1.29, 1.82) is 0 Å². The van der Waals surface area contributed by atoms with E-state index in [-0.39, 0.29) is 11.6 Å². The molecule has 7 heteroatoms. The molecule has 3 aromatic rings. The van der Waals surface area contributed by atoms with Crippen LogP contribution in [0.1, 0.15) is 16.3 Å². The van der Waals surface area contributed by atoms with Crippen molar-refractivity contribution >= 4 is 40.4 Å². The van der Waals surface area contributed by atoms with Crippen LogP contribution in [0.4, 0.5) is 22.9 Å². The predicted octanol–water partition coefficient (Wildman–Crippen LogP) is 4.50. The lowest BCUT2D eigenvalue weighted by atomic mass is 10.2. The third-order valence-corrected chi connectivity index (χ3v) is 4.18. The molecule has 27 heavy (non-hydrogen) atoms. The molecule has 2 aromatic carbocycles. The molecule has 0 saturated heterocycles. The summed E-state index contributed by atoms with van der Waals surface area (Å²) in [6.07, 6.45) is 0. The molecule has 0 atom stereocenters. The molecule has 0 bridgehead atoms. The van der Waals surface area contributed by atoms with Gasteiger partial charge in [-0.25, -0.2) is 9.97 Å². The second-order valence-electron chi connectivity index (χ2n) is 6.19. The van der Waals surface area contributed by atoms with E-state index in [9.17, 15) is 4.79 Å². The van der Waals surface area contributed by atoms with Crippen LogP contribution in [-0.2, 0) is 0 Å². The summed E-state index contributed by atoms with van der Waals surface area (Å²) in [6.45, 7) is 1.74. The van der Waals surface area contributed by atoms with Crippen molar-refractivity contribution in [2.75, 3.05) is 29.6 Å². The fraction of sp³-hybridized carbons (Fsp3) is 0.150. The molecule has 0 aliphatic carbocycles. The van der Waals surface area contributed by atoms with Crippen LogP contribution in [0.15, 0.2) is 54.6 Å². The number of hydrogen-bond acceptors (Lipinski definition) is 5. The number of benzene rings is 2. The van der Waals surface area contributed by atoms with Gasteiger partial charge >= 0.3 is 0 Å². The van der Waals surface area contributed by atoms with E-state index in [0.29, 0.717) is 28.0 Å². The number of nitrogens with zero attached hydrogens (tertiary/aromatic N) is 3. The Morgan fingerprint density at radius 2 is 1.74 bits per heavy atom. The van der Waals surface area contributed by atoms with Crippen molar-refractivity contribution in [3.63, 3.8) is 0 Å². The van der Waals surface area contributed by atoms with Gasteiger partial charge in [-0.2, -0.15) is 0 Å². The Hall–Kier alpha value is -3.12. The van der Waals surface area contributed by atoms with Gasteiger partial charge in [-0.3, -0.25) is 4.79 Å². The first kappa shape index (κ1) is 18.7. The molecule has 6 nitrogen and oxygen atoms in total. The quantitative estimate of drug-likeness (QED) is 0.680. The van der Waals surface area contributed by atoms with Crippen molar-refractivity contribution < 1.29 is 4.79 Å². The zero-order valence-electron chi connectivity index (χ0n) is 15.3. The SMILES string of the molecule is Cc1nc(Nc2ccccc2Cl)cc(C(=O)Nc2ccc(N(C)C)cc2)n1. The average molecular weight is 382 g/mol. The number of nitrogens with one attached hydrogen (secondary N) is 2. The first-order valence-corrected chi connectivity index (χ1v) is 8.76. The minimum atomic E-state index is -0.305. The van der Waals surface area contributed by atoms with Crippen molar-refractivity contribution in [3.05, 3.63) is 71.1 Å². The van der Waals surface area contributed by atoms with E-state index in [1.807, 2.05) is 61.5 Å². The normalized spacial score (nSPS) is 10.4. The van der Waals surface area contributed by atoms with Gasteiger partial charge in [0.25, 0.3) is 5.91 Å². The van der Waals surface area contributed by atoms with Crippen molar-refractivity contribution in [2.45, 2.75) is 6.92 Å². The van der Waals surface area contributed by atoms with Gasteiger partial charge in [-0.05, 0) is 43.3 Å². The van der Waals surface area contributed by atoms with E-state index >= 15 is 0 Å². The molecule has 138 valence electrons. The molecule has 3 rings (SSSR count). The highest BCUT2D eigenvalue weighted by Gasteiger charge is 2.12. The van der Waals surface area contributed by atoms with Gasteiger partial charge in [0.05, 0.1) is 10.7 Å². The molecule has 0 fully saturated rings. The zero-order valence-corrected chi connectivity index (χ0v) is 16.1. The van der Waals surface area contributed by atoms with Crippen LogP contribution in [0.25, 0.3) is 0 Å². The largest absolute Gasteiger partial charge is 0.378 e. The predicted molar refractivity (Wildman–Crippen MR) is 110 cm³/mol. The monoisotopic (exact) mass is 381 g/mol. The maximum atomic E-state index is 12.6. The van der Waals surface area contributed by atoms with Crippen LogP contribution in [0.5, 0.6) is 0 Å². The number of carbonyl (C=O) groups excluding carboxylic acids is 1. The smallest absolute Gasteiger partial charge is 0.274 e. The van der Waals surface area contributed by atoms with Crippen molar-refractivity contribution in [3.8, 4) is 0 Å². The van der Waals surface area contributed by atoms with Gasteiger partial charge in [0, 0.05) is 31.5 Å². The van der Waals surface area contributed by atoms with Gasteiger partial charge < -0.3 is 15.5 Å². The molecule has 0 aliphatic rings. The summed E-state index contributed by atoms with van der Waals surface area (Å²) in [4.78, 5) is 23.1. The average Bonchev–Trinajstić information content (AvgIpc) is 2.63. The summed E-state index contributed by atoms with van der Waals surface area (Å²) in [7, 11) is 3.93. The molecule has 1 heterocycles. The van der Waals surface area contributed by atoms with Crippen molar-refractivity contribution in [2.24, 2.45) is 0 Å². The first-order chi connectivity index (χ1) is 12.9. The zero-order chi connectivity index (χ0) is 19.4. The maximum absolute atomic E-state index is 12.6. The molecular weight excluding hydrogens is 362 g/mol. The number of aryl methyl sites for hydroxylation is 1. The summed E-state index contributed by atoms with van der Waals surface area (Å²) < 4.78 is 0. The number of rotatable bonds is 5. The van der Waals surface area contributed by atoms with Crippen LogP contribution in [0, 0.1) is 6.92 Å². The van der Waals surface area contributed by atoms with E-state index in [1.54, 1.807) is 19.1 Å². The van der Waals surface area contributed by atoms with Crippen LogP contribution in [0.3, 0.4) is 0 Å². The summed E-state index contributed by atoms with van der Waals surface area (Å²) in [5, 5.41) is 6.55. The fourth-order valence-corrected chi connectivity index (χ4v) is 2.67. The number of amides is 1. The van der Waals surface area contributed by atoms with E-state index in [1.165, 1.54) is 0 Å². The van der Waals surface area contributed by atoms with Gasteiger partial charge in [0.2, 0.25) is 0 Å². The number of aromatic nitrogens is 2. The number of para-hydroxylation sites is 1. The lowest BCUT2D eigenvalue weighted by molar-refractivity contribution is 0.102. The van der Waals surface area contributed by atoms with Gasteiger partial charge in [-0.1, -0.05) is 23.7 Å². The Labute approximate surface area is 163 Å². The van der Waals surface area contributed by atoms with Gasteiger partial charge in [0.1, 0.15) is 17.3 Å². The molecule has 0 aliphatic heterocycles. The third-order valence-electron chi connectivity index (χ3n) is 3.85. The highest BCUT2D eigenvalue weighted by atomic mass is 35.5. The molecular formula is C20H20ClN5O. The Bertz CT molecular complexity index is 957. The first-order valence-electron chi connectivity index (χ1n) is 8.38. The lowest BCUT2D eigenvalue weighted by Gasteiger charge is -2.13. The minimum Gasteiger partial charge on any atom is -0.378 e. The molecule has 1 amide bonds. The highest BCUT2D eigenvalue weighted by molar-refractivity contribution is 6.33. The lowest BCUT2D eigenvalue weighted by Crippen LogP contribution is -2.15. The van der Waals surface area contributed by atoms with Gasteiger partial charge in [-0.15, -0.1) is 0 Å². The van der Waals surface area contributed by atoms with E-state index in [4.69, 9.17) is 11.6 Å². The molecule has 0 unspecified atom stereocenters. The number of hydrogen-bond donors (Lipinski definition) is 2. The second-order valence-corrected chi connectivity index (χ2v) is 6.59. The number of carbonyl (C=O) groups is 1. The third kappa shape index (κ3) is 4.74. The second kappa shape index (κ2) is 8.05. The molecule has 0 radical (unpaired) electrons. The fourth-order valence-electron chi connectivity index (χ4n) is 2.49.